The van der Waals surface area contributed by atoms with Crippen molar-refractivity contribution in [3.05, 3.63) is 65.2 Å². The molecule has 0 atom stereocenters. The average molecular weight is 472 g/mol. The number of halogens is 1. The number of carbonyl (C=O) groups excluding carboxylic acids is 1. The maximum atomic E-state index is 14.7. The summed E-state index contributed by atoms with van der Waals surface area (Å²) in [6, 6.07) is 11.4. The van der Waals surface area contributed by atoms with Crippen LogP contribution >= 0.6 is 11.8 Å². The third kappa shape index (κ3) is 3.67. The second kappa shape index (κ2) is 7.45. The van der Waals surface area contributed by atoms with E-state index in [4.69, 9.17) is 0 Å². The lowest BCUT2D eigenvalue weighted by Gasteiger charge is -2.22. The van der Waals surface area contributed by atoms with Crippen LogP contribution in [0.1, 0.15) is 21.7 Å². The molecule has 2 aliphatic rings. The molecule has 0 aliphatic carbocycles. The zero-order chi connectivity index (χ0) is 22.6. The Morgan fingerprint density at radius 2 is 1.91 bits per heavy atom. The molecule has 1 amide bonds. The van der Waals surface area contributed by atoms with Crippen LogP contribution in [0.5, 0.6) is 0 Å². The van der Waals surface area contributed by atoms with Crippen molar-refractivity contribution in [2.75, 3.05) is 22.5 Å². The molecular formula is C21H18FN5O3S2. The fourth-order valence-electron chi connectivity index (χ4n) is 3.70. The number of nitrogens with zero attached hydrogens (tertiary/aromatic N) is 4. The Morgan fingerprint density at radius 1 is 1.12 bits per heavy atom. The van der Waals surface area contributed by atoms with E-state index in [2.05, 4.69) is 14.8 Å². The first kappa shape index (κ1) is 20.7. The summed E-state index contributed by atoms with van der Waals surface area (Å²) in [5.41, 5.74) is 3.41. The molecule has 0 saturated heterocycles. The first-order valence-corrected chi connectivity index (χ1v) is 12.2. The number of sulfonamides is 1. The van der Waals surface area contributed by atoms with Crippen LogP contribution in [0.4, 0.5) is 15.8 Å². The Kier molecular flexibility index (Phi) is 4.82. The van der Waals surface area contributed by atoms with Gasteiger partial charge >= 0.3 is 0 Å². The molecule has 0 fully saturated rings. The monoisotopic (exact) mass is 471 g/mol. The Hall–Kier alpha value is -3.18. The molecule has 2 aliphatic heterocycles. The van der Waals surface area contributed by atoms with Crippen molar-refractivity contribution in [3.8, 4) is 5.69 Å². The largest absolute Gasteiger partial charge is 0.322 e. The van der Waals surface area contributed by atoms with Gasteiger partial charge in [0.1, 0.15) is 5.69 Å². The molecule has 0 spiro atoms. The van der Waals surface area contributed by atoms with Crippen LogP contribution in [0, 0.1) is 19.7 Å². The normalized spacial score (nSPS) is 16.3. The molecule has 0 unspecified atom stereocenters. The highest BCUT2D eigenvalue weighted by molar-refractivity contribution is 8.15. The molecular weight excluding hydrogens is 453 g/mol. The molecule has 3 aromatic rings. The minimum absolute atomic E-state index is 0.0437. The van der Waals surface area contributed by atoms with E-state index in [1.165, 1.54) is 22.5 Å². The standard InChI is InChI=1S/C21H18FN5O3S2/c1-12-9-13(2)27(24-12)17-6-4-15(11-16(17)22)23-20(28)14-3-5-18-19(10-14)31-21-25-32(29,30)8-7-26(18)21/h3-6,9-11H,7-8H2,1-2H3,(H,23,28). The van der Waals surface area contributed by atoms with Crippen molar-refractivity contribution in [1.29, 1.82) is 0 Å². The lowest BCUT2D eigenvalue weighted by Crippen LogP contribution is -2.35. The van der Waals surface area contributed by atoms with Gasteiger partial charge in [0.15, 0.2) is 11.0 Å². The second-order valence-electron chi connectivity index (χ2n) is 7.56. The number of hydrogen-bond acceptors (Lipinski definition) is 6. The van der Waals surface area contributed by atoms with Crippen molar-refractivity contribution < 1.29 is 17.6 Å². The van der Waals surface area contributed by atoms with E-state index >= 15 is 0 Å². The number of thioether (sulfide) groups is 1. The molecule has 2 aromatic carbocycles. The molecule has 8 nitrogen and oxygen atoms in total. The summed E-state index contributed by atoms with van der Waals surface area (Å²) in [4.78, 5) is 15.3. The van der Waals surface area contributed by atoms with Crippen LogP contribution in [0.3, 0.4) is 0 Å². The minimum atomic E-state index is -3.45. The highest BCUT2D eigenvalue weighted by atomic mass is 32.2. The molecule has 0 radical (unpaired) electrons. The quantitative estimate of drug-likeness (QED) is 0.628. The topological polar surface area (TPSA) is 96.7 Å². The third-order valence-electron chi connectivity index (χ3n) is 5.18. The molecule has 0 saturated carbocycles. The maximum Gasteiger partial charge on any atom is 0.257 e. The van der Waals surface area contributed by atoms with Crippen molar-refractivity contribution in [2.45, 2.75) is 18.7 Å². The number of hydrogen-bond donors (Lipinski definition) is 1. The predicted molar refractivity (Wildman–Crippen MR) is 122 cm³/mol. The first-order chi connectivity index (χ1) is 15.2. The fraction of sp³-hybridized carbons (Fsp3) is 0.190. The van der Waals surface area contributed by atoms with E-state index < -0.39 is 21.7 Å². The van der Waals surface area contributed by atoms with Crippen LogP contribution < -0.4 is 10.2 Å². The van der Waals surface area contributed by atoms with Gasteiger partial charge in [-0.25, -0.2) is 17.5 Å². The number of amides is 1. The number of rotatable bonds is 3. The van der Waals surface area contributed by atoms with Gasteiger partial charge in [-0.15, -0.1) is 4.40 Å². The minimum Gasteiger partial charge on any atom is -0.322 e. The number of carbonyl (C=O) groups is 1. The molecule has 1 aromatic heterocycles. The van der Waals surface area contributed by atoms with Gasteiger partial charge in [-0.1, -0.05) is 0 Å². The van der Waals surface area contributed by atoms with Crippen molar-refractivity contribution in [3.63, 3.8) is 0 Å². The van der Waals surface area contributed by atoms with Gasteiger partial charge in [-0.05, 0) is 68.1 Å². The van der Waals surface area contributed by atoms with E-state index in [1.54, 1.807) is 30.3 Å². The Morgan fingerprint density at radius 3 is 2.62 bits per heavy atom. The summed E-state index contributed by atoms with van der Waals surface area (Å²) in [7, 11) is -3.45. The van der Waals surface area contributed by atoms with Gasteiger partial charge in [-0.2, -0.15) is 5.10 Å². The van der Waals surface area contributed by atoms with Crippen LogP contribution in [-0.2, 0) is 10.0 Å². The number of fused-ring (bicyclic) bond motifs is 3. The number of aryl methyl sites for hydroxylation is 2. The summed E-state index contributed by atoms with van der Waals surface area (Å²) in [5, 5.41) is 7.39. The lowest BCUT2D eigenvalue weighted by molar-refractivity contribution is 0.102. The smallest absolute Gasteiger partial charge is 0.257 e. The molecule has 164 valence electrons. The van der Waals surface area contributed by atoms with E-state index in [9.17, 15) is 17.6 Å². The number of amidine groups is 1. The Labute approximate surface area is 188 Å². The fourth-order valence-corrected chi connectivity index (χ4v) is 6.00. The zero-order valence-corrected chi connectivity index (χ0v) is 18.8. The maximum absolute atomic E-state index is 14.7. The number of nitrogens with one attached hydrogen (secondary N) is 1. The second-order valence-corrected chi connectivity index (χ2v) is 10.3. The molecule has 1 N–H and O–H groups in total. The molecule has 5 rings (SSSR count). The van der Waals surface area contributed by atoms with E-state index in [1.807, 2.05) is 24.8 Å². The number of benzene rings is 2. The first-order valence-electron chi connectivity index (χ1n) is 9.77. The molecule has 11 heteroatoms. The SMILES string of the molecule is Cc1cc(C)n(-c2ccc(NC(=O)c3ccc4c(c3)SC3=NS(=O)(=O)CCN34)cc2F)n1. The molecule has 3 heterocycles. The van der Waals surface area contributed by atoms with Gasteiger partial charge in [0.05, 0.1) is 17.1 Å². The highest BCUT2D eigenvalue weighted by Crippen LogP contribution is 2.42. The predicted octanol–water partition coefficient (Wildman–Crippen LogP) is 3.49. The van der Waals surface area contributed by atoms with Gasteiger partial charge in [0, 0.05) is 28.4 Å². The summed E-state index contributed by atoms with van der Waals surface area (Å²) >= 11 is 1.21. The zero-order valence-electron chi connectivity index (χ0n) is 17.2. The molecule has 32 heavy (non-hydrogen) atoms. The van der Waals surface area contributed by atoms with Gasteiger partial charge in [0.2, 0.25) is 0 Å². The summed E-state index contributed by atoms with van der Waals surface area (Å²) in [6.07, 6.45) is 0. The van der Waals surface area contributed by atoms with E-state index in [0.29, 0.717) is 28.7 Å². The van der Waals surface area contributed by atoms with Gasteiger partial charge in [0.25, 0.3) is 15.9 Å². The van der Waals surface area contributed by atoms with Crippen LogP contribution in [0.2, 0.25) is 0 Å². The average Bonchev–Trinajstić information content (AvgIpc) is 3.24. The third-order valence-corrected chi connectivity index (χ3v) is 7.48. The Balaban J connectivity index is 1.37. The van der Waals surface area contributed by atoms with Crippen molar-refractivity contribution in [2.24, 2.45) is 4.40 Å². The lowest BCUT2D eigenvalue weighted by atomic mass is 10.1. The number of anilines is 2. The van der Waals surface area contributed by atoms with Crippen molar-refractivity contribution in [1.82, 2.24) is 9.78 Å². The molecule has 0 bridgehead atoms. The van der Waals surface area contributed by atoms with E-state index in [0.717, 1.165) is 22.0 Å². The number of aromatic nitrogens is 2. The summed E-state index contributed by atoms with van der Waals surface area (Å²) < 4.78 is 43.6. The highest BCUT2D eigenvalue weighted by Gasteiger charge is 2.33. The van der Waals surface area contributed by atoms with Crippen molar-refractivity contribution >= 4 is 44.2 Å². The van der Waals surface area contributed by atoms with Gasteiger partial charge in [-0.3, -0.25) is 4.79 Å². The van der Waals surface area contributed by atoms with Crippen LogP contribution in [0.15, 0.2) is 51.8 Å². The van der Waals surface area contributed by atoms with Gasteiger partial charge < -0.3 is 10.2 Å². The van der Waals surface area contributed by atoms with Crippen LogP contribution in [-0.4, -0.2) is 41.6 Å². The summed E-state index contributed by atoms with van der Waals surface area (Å²) in [5.74, 6) is -0.946. The van der Waals surface area contributed by atoms with Crippen LogP contribution in [0.25, 0.3) is 5.69 Å². The Bertz CT molecular complexity index is 1410. The van der Waals surface area contributed by atoms with E-state index in [-0.39, 0.29) is 5.75 Å². The summed E-state index contributed by atoms with van der Waals surface area (Å²) in [6.45, 7) is 4.00.